The fraction of sp³-hybridized carbons (Fsp3) is 0.538. The normalized spacial score (nSPS) is 26.0. The molecular formula is C13H17F3N2O2. The van der Waals surface area contributed by atoms with Crippen LogP contribution in [0.3, 0.4) is 0 Å². The molecule has 3 N–H and O–H groups in total. The second-order valence-electron chi connectivity index (χ2n) is 5.05. The van der Waals surface area contributed by atoms with Gasteiger partial charge in [0.05, 0.1) is 23.0 Å². The SMILES string of the molecule is CC1OCCC1(C)Nc1cc(OC(F)F)c(F)cc1N. The molecule has 1 aliphatic heterocycles. The molecule has 1 aromatic carbocycles. The van der Waals surface area contributed by atoms with Gasteiger partial charge in [0.2, 0.25) is 0 Å². The van der Waals surface area contributed by atoms with Crippen molar-refractivity contribution in [2.24, 2.45) is 0 Å². The molecule has 1 saturated heterocycles. The molecule has 1 aliphatic rings. The summed E-state index contributed by atoms with van der Waals surface area (Å²) in [6, 6.07) is 2.11. The molecule has 0 spiro atoms. The van der Waals surface area contributed by atoms with Crippen molar-refractivity contribution in [1.29, 1.82) is 0 Å². The van der Waals surface area contributed by atoms with Crippen LogP contribution in [0, 0.1) is 5.82 Å². The Bertz CT molecular complexity index is 499. The molecule has 2 unspecified atom stereocenters. The Morgan fingerprint density at radius 3 is 2.75 bits per heavy atom. The summed E-state index contributed by atoms with van der Waals surface area (Å²) in [7, 11) is 0. The number of anilines is 2. The zero-order valence-electron chi connectivity index (χ0n) is 11.3. The molecule has 0 saturated carbocycles. The zero-order chi connectivity index (χ0) is 14.9. The Morgan fingerprint density at radius 1 is 1.50 bits per heavy atom. The van der Waals surface area contributed by atoms with Gasteiger partial charge in [-0.2, -0.15) is 8.78 Å². The predicted octanol–water partition coefficient (Wildman–Crippen LogP) is 2.99. The molecule has 1 fully saturated rings. The van der Waals surface area contributed by atoms with E-state index in [4.69, 9.17) is 10.5 Å². The Hall–Kier alpha value is -1.63. The van der Waals surface area contributed by atoms with E-state index in [0.29, 0.717) is 12.3 Å². The molecule has 1 aromatic rings. The van der Waals surface area contributed by atoms with Crippen molar-refractivity contribution in [3.8, 4) is 5.75 Å². The fourth-order valence-corrected chi connectivity index (χ4v) is 2.17. The highest BCUT2D eigenvalue weighted by molar-refractivity contribution is 5.69. The molecule has 0 amide bonds. The molecule has 112 valence electrons. The van der Waals surface area contributed by atoms with Gasteiger partial charge in [0, 0.05) is 18.7 Å². The van der Waals surface area contributed by atoms with Crippen molar-refractivity contribution in [3.05, 3.63) is 17.9 Å². The van der Waals surface area contributed by atoms with Gasteiger partial charge in [-0.15, -0.1) is 0 Å². The number of hydrogen-bond acceptors (Lipinski definition) is 4. The van der Waals surface area contributed by atoms with E-state index >= 15 is 0 Å². The number of alkyl halides is 2. The number of benzene rings is 1. The van der Waals surface area contributed by atoms with E-state index in [9.17, 15) is 13.2 Å². The minimum atomic E-state index is -3.09. The molecule has 4 nitrogen and oxygen atoms in total. The number of hydrogen-bond donors (Lipinski definition) is 2. The predicted molar refractivity (Wildman–Crippen MR) is 69.5 cm³/mol. The molecule has 2 rings (SSSR count). The summed E-state index contributed by atoms with van der Waals surface area (Å²) in [6.07, 6.45) is 0.655. The summed E-state index contributed by atoms with van der Waals surface area (Å²) in [5.74, 6) is -1.46. The van der Waals surface area contributed by atoms with Crippen molar-refractivity contribution < 1.29 is 22.6 Å². The van der Waals surface area contributed by atoms with Crippen molar-refractivity contribution in [3.63, 3.8) is 0 Å². The maximum absolute atomic E-state index is 13.5. The Labute approximate surface area is 115 Å². The molecule has 7 heteroatoms. The second kappa shape index (κ2) is 5.40. The minimum Gasteiger partial charge on any atom is -0.432 e. The number of nitrogen functional groups attached to an aromatic ring is 1. The van der Waals surface area contributed by atoms with Gasteiger partial charge < -0.3 is 20.5 Å². The summed E-state index contributed by atoms with van der Waals surface area (Å²) in [5, 5.41) is 3.13. The van der Waals surface area contributed by atoms with E-state index in [-0.39, 0.29) is 11.8 Å². The molecule has 0 aliphatic carbocycles. The van der Waals surface area contributed by atoms with E-state index in [2.05, 4.69) is 10.1 Å². The van der Waals surface area contributed by atoms with Crippen molar-refractivity contribution in [1.82, 2.24) is 0 Å². The summed E-state index contributed by atoms with van der Waals surface area (Å²) < 4.78 is 47.5. The summed E-state index contributed by atoms with van der Waals surface area (Å²) in [4.78, 5) is 0. The Kier molecular flexibility index (Phi) is 3.99. The van der Waals surface area contributed by atoms with Gasteiger partial charge in [-0.1, -0.05) is 0 Å². The summed E-state index contributed by atoms with van der Waals surface area (Å²) in [5.41, 5.74) is 5.80. The van der Waals surface area contributed by atoms with Crippen LogP contribution in [0.4, 0.5) is 24.5 Å². The van der Waals surface area contributed by atoms with E-state index in [1.54, 1.807) is 0 Å². The van der Waals surface area contributed by atoms with Crippen LogP contribution in [0.5, 0.6) is 5.75 Å². The Balaban J connectivity index is 2.27. The van der Waals surface area contributed by atoms with Crippen LogP contribution in [0.15, 0.2) is 12.1 Å². The third-order valence-corrected chi connectivity index (χ3v) is 3.63. The molecule has 0 aromatic heterocycles. The van der Waals surface area contributed by atoms with Gasteiger partial charge >= 0.3 is 6.61 Å². The van der Waals surface area contributed by atoms with Gasteiger partial charge in [0.25, 0.3) is 0 Å². The molecule has 0 bridgehead atoms. The Morgan fingerprint density at radius 2 is 2.20 bits per heavy atom. The smallest absolute Gasteiger partial charge is 0.387 e. The van der Waals surface area contributed by atoms with Crippen LogP contribution < -0.4 is 15.8 Å². The van der Waals surface area contributed by atoms with E-state index < -0.39 is 23.7 Å². The van der Waals surface area contributed by atoms with Crippen LogP contribution >= 0.6 is 0 Å². The maximum atomic E-state index is 13.5. The molecule has 2 atom stereocenters. The highest BCUT2D eigenvalue weighted by atomic mass is 19.3. The topological polar surface area (TPSA) is 56.5 Å². The number of nitrogens with one attached hydrogen (secondary N) is 1. The number of ether oxygens (including phenoxy) is 2. The monoisotopic (exact) mass is 290 g/mol. The second-order valence-corrected chi connectivity index (χ2v) is 5.05. The average molecular weight is 290 g/mol. The van der Waals surface area contributed by atoms with Gasteiger partial charge in [0.1, 0.15) is 0 Å². The minimum absolute atomic E-state index is 0.0774. The molecule has 0 radical (unpaired) electrons. The van der Waals surface area contributed by atoms with Crippen LogP contribution in [-0.4, -0.2) is 24.9 Å². The highest BCUT2D eigenvalue weighted by Gasteiger charge is 2.37. The van der Waals surface area contributed by atoms with Crippen molar-refractivity contribution >= 4 is 11.4 Å². The molecular weight excluding hydrogens is 273 g/mol. The standard InChI is InChI=1S/C13H17F3N2O2/c1-7-13(2,3-4-19-7)18-10-6-11(20-12(15)16)8(14)5-9(10)17/h5-7,12,18H,3-4,17H2,1-2H3. The average Bonchev–Trinajstić information content (AvgIpc) is 2.65. The summed E-state index contributed by atoms with van der Waals surface area (Å²) in [6.45, 7) is 1.33. The maximum Gasteiger partial charge on any atom is 0.387 e. The molecule has 20 heavy (non-hydrogen) atoms. The van der Waals surface area contributed by atoms with Crippen molar-refractivity contribution in [2.75, 3.05) is 17.7 Å². The lowest BCUT2D eigenvalue weighted by molar-refractivity contribution is -0.0521. The third kappa shape index (κ3) is 2.92. The number of halogens is 3. The van der Waals surface area contributed by atoms with Crippen molar-refractivity contribution in [2.45, 2.75) is 38.5 Å². The first kappa shape index (κ1) is 14.8. The molecule has 1 heterocycles. The number of nitrogens with two attached hydrogens (primary N) is 1. The van der Waals surface area contributed by atoms with E-state index in [1.165, 1.54) is 0 Å². The van der Waals surface area contributed by atoms with Crippen LogP contribution in [0.2, 0.25) is 0 Å². The lowest BCUT2D eigenvalue weighted by atomic mass is 9.94. The lowest BCUT2D eigenvalue weighted by Crippen LogP contribution is -2.41. The zero-order valence-corrected chi connectivity index (χ0v) is 11.3. The third-order valence-electron chi connectivity index (χ3n) is 3.63. The van der Waals surface area contributed by atoms with Crippen LogP contribution in [-0.2, 0) is 4.74 Å². The summed E-state index contributed by atoms with van der Waals surface area (Å²) >= 11 is 0. The van der Waals surface area contributed by atoms with Gasteiger partial charge in [0.15, 0.2) is 11.6 Å². The van der Waals surface area contributed by atoms with Crippen LogP contribution in [0.1, 0.15) is 20.3 Å². The fourth-order valence-electron chi connectivity index (χ4n) is 2.17. The van der Waals surface area contributed by atoms with Gasteiger partial charge in [-0.3, -0.25) is 0 Å². The first-order valence-electron chi connectivity index (χ1n) is 6.25. The lowest BCUT2D eigenvalue weighted by Gasteiger charge is -2.31. The first-order chi connectivity index (χ1) is 9.32. The van der Waals surface area contributed by atoms with E-state index in [0.717, 1.165) is 18.6 Å². The van der Waals surface area contributed by atoms with Gasteiger partial charge in [-0.25, -0.2) is 4.39 Å². The largest absolute Gasteiger partial charge is 0.432 e. The number of rotatable bonds is 4. The van der Waals surface area contributed by atoms with E-state index in [1.807, 2.05) is 13.8 Å². The highest BCUT2D eigenvalue weighted by Crippen LogP contribution is 2.35. The quantitative estimate of drug-likeness (QED) is 0.837. The van der Waals surface area contributed by atoms with Gasteiger partial charge in [-0.05, 0) is 20.3 Å². The first-order valence-corrected chi connectivity index (χ1v) is 6.25. The van der Waals surface area contributed by atoms with Crippen LogP contribution in [0.25, 0.3) is 0 Å².